The van der Waals surface area contributed by atoms with Gasteiger partial charge in [-0.15, -0.1) is 0 Å². The highest BCUT2D eigenvalue weighted by Gasteiger charge is 2.23. The third-order valence-corrected chi connectivity index (χ3v) is 3.88. The highest BCUT2D eigenvalue weighted by molar-refractivity contribution is 5.58. The van der Waals surface area contributed by atoms with Crippen molar-refractivity contribution in [3.05, 3.63) is 29.6 Å². The molecule has 1 heterocycles. The van der Waals surface area contributed by atoms with Crippen LogP contribution in [0.25, 0.3) is 0 Å². The Kier molecular flexibility index (Phi) is 4.39. The molecule has 19 heavy (non-hydrogen) atoms. The van der Waals surface area contributed by atoms with Gasteiger partial charge in [-0.2, -0.15) is 5.26 Å². The Morgan fingerprint density at radius 2 is 2.32 bits per heavy atom. The monoisotopic (exact) mass is 261 g/mol. The summed E-state index contributed by atoms with van der Waals surface area (Å²) in [6.07, 6.45) is 2.37. The van der Waals surface area contributed by atoms with Gasteiger partial charge in [0.05, 0.1) is 5.69 Å². The summed E-state index contributed by atoms with van der Waals surface area (Å²) < 4.78 is 13.5. The van der Waals surface area contributed by atoms with Crippen molar-refractivity contribution in [1.29, 1.82) is 5.26 Å². The Morgan fingerprint density at radius 1 is 1.53 bits per heavy atom. The predicted octanol–water partition coefficient (Wildman–Crippen LogP) is 2.84. The van der Waals surface area contributed by atoms with Crippen LogP contribution < -0.4 is 5.32 Å². The van der Waals surface area contributed by atoms with Crippen molar-refractivity contribution in [2.24, 2.45) is 5.92 Å². The number of hydrogen-bond donors (Lipinski definition) is 1. The first-order chi connectivity index (χ1) is 9.11. The standard InChI is InChI=1S/C15H20FN3/c1-11(12-5-4-8-19(2)10-12)18-15-7-3-6-14(16)13(15)9-17/h3,6-7,11-12,18H,4-5,8,10H2,1-2H3. The van der Waals surface area contributed by atoms with Crippen LogP contribution in [0.2, 0.25) is 0 Å². The Balaban J connectivity index is 2.09. The van der Waals surface area contributed by atoms with E-state index in [9.17, 15) is 4.39 Å². The van der Waals surface area contributed by atoms with Gasteiger partial charge in [0.1, 0.15) is 17.4 Å². The summed E-state index contributed by atoms with van der Waals surface area (Å²) >= 11 is 0. The van der Waals surface area contributed by atoms with E-state index in [1.807, 2.05) is 6.07 Å². The van der Waals surface area contributed by atoms with E-state index >= 15 is 0 Å². The molecule has 0 radical (unpaired) electrons. The van der Waals surface area contributed by atoms with Crippen LogP contribution in [0.3, 0.4) is 0 Å². The van der Waals surface area contributed by atoms with Gasteiger partial charge in [-0.05, 0) is 51.4 Å². The third kappa shape index (κ3) is 3.24. The molecule has 1 aromatic carbocycles. The number of rotatable bonds is 3. The topological polar surface area (TPSA) is 39.1 Å². The number of nitrogens with zero attached hydrogens (tertiary/aromatic N) is 2. The van der Waals surface area contributed by atoms with E-state index in [0.717, 1.165) is 13.1 Å². The van der Waals surface area contributed by atoms with Crippen molar-refractivity contribution in [2.75, 3.05) is 25.5 Å². The van der Waals surface area contributed by atoms with Crippen LogP contribution in [-0.4, -0.2) is 31.1 Å². The van der Waals surface area contributed by atoms with Crippen molar-refractivity contribution >= 4 is 5.69 Å². The minimum absolute atomic E-state index is 0.110. The molecule has 2 rings (SSSR count). The first-order valence-corrected chi connectivity index (χ1v) is 6.75. The second-order valence-corrected chi connectivity index (χ2v) is 5.37. The fourth-order valence-corrected chi connectivity index (χ4v) is 2.74. The van der Waals surface area contributed by atoms with E-state index in [-0.39, 0.29) is 11.6 Å². The maximum atomic E-state index is 13.5. The van der Waals surface area contributed by atoms with Gasteiger partial charge in [-0.25, -0.2) is 4.39 Å². The average molecular weight is 261 g/mol. The molecule has 102 valence electrons. The largest absolute Gasteiger partial charge is 0.381 e. The molecule has 1 N–H and O–H groups in total. The van der Waals surface area contributed by atoms with Gasteiger partial charge in [0, 0.05) is 12.6 Å². The lowest BCUT2D eigenvalue weighted by atomic mass is 9.91. The molecule has 2 unspecified atom stereocenters. The van der Waals surface area contributed by atoms with E-state index < -0.39 is 5.82 Å². The van der Waals surface area contributed by atoms with Gasteiger partial charge in [0.2, 0.25) is 0 Å². The van der Waals surface area contributed by atoms with Crippen LogP contribution in [0.5, 0.6) is 0 Å². The first-order valence-electron chi connectivity index (χ1n) is 6.75. The average Bonchev–Trinajstić information content (AvgIpc) is 2.39. The molecule has 0 aliphatic carbocycles. The fourth-order valence-electron chi connectivity index (χ4n) is 2.74. The lowest BCUT2D eigenvalue weighted by Gasteiger charge is -2.34. The van der Waals surface area contributed by atoms with Gasteiger partial charge in [0.25, 0.3) is 0 Å². The molecular weight excluding hydrogens is 241 g/mol. The van der Waals surface area contributed by atoms with Crippen LogP contribution in [0.1, 0.15) is 25.3 Å². The molecule has 1 aromatic rings. The lowest BCUT2D eigenvalue weighted by molar-refractivity contribution is 0.197. The van der Waals surface area contributed by atoms with Crippen LogP contribution in [-0.2, 0) is 0 Å². The molecule has 2 atom stereocenters. The summed E-state index contributed by atoms with van der Waals surface area (Å²) in [5, 5.41) is 12.3. The number of likely N-dealkylation sites (tertiary alicyclic amines) is 1. The molecule has 1 saturated heterocycles. The van der Waals surface area contributed by atoms with Crippen LogP contribution in [0.4, 0.5) is 10.1 Å². The fraction of sp³-hybridized carbons (Fsp3) is 0.533. The van der Waals surface area contributed by atoms with E-state index in [1.165, 1.54) is 18.9 Å². The molecule has 1 aliphatic rings. The normalized spacial score (nSPS) is 21.7. The molecule has 0 spiro atoms. The van der Waals surface area contributed by atoms with Gasteiger partial charge in [0.15, 0.2) is 0 Å². The molecule has 1 aliphatic heterocycles. The highest BCUT2D eigenvalue weighted by atomic mass is 19.1. The number of benzene rings is 1. The maximum Gasteiger partial charge on any atom is 0.143 e. The van der Waals surface area contributed by atoms with E-state index in [1.54, 1.807) is 12.1 Å². The van der Waals surface area contributed by atoms with E-state index in [0.29, 0.717) is 11.6 Å². The summed E-state index contributed by atoms with van der Waals surface area (Å²) in [6.45, 7) is 4.30. The predicted molar refractivity (Wildman–Crippen MR) is 74.4 cm³/mol. The molecule has 0 aromatic heterocycles. The van der Waals surface area contributed by atoms with Crippen molar-refractivity contribution < 1.29 is 4.39 Å². The maximum absolute atomic E-state index is 13.5. The summed E-state index contributed by atoms with van der Waals surface area (Å²) in [5.41, 5.74) is 0.710. The quantitative estimate of drug-likeness (QED) is 0.909. The number of halogens is 1. The number of anilines is 1. The Bertz CT molecular complexity index is 481. The first kappa shape index (κ1) is 13.8. The van der Waals surface area contributed by atoms with Crippen molar-refractivity contribution in [3.63, 3.8) is 0 Å². The number of piperidine rings is 1. The minimum atomic E-state index is -0.458. The van der Waals surface area contributed by atoms with Crippen LogP contribution in [0.15, 0.2) is 18.2 Å². The highest BCUT2D eigenvalue weighted by Crippen LogP contribution is 2.24. The molecule has 1 fully saturated rings. The zero-order valence-electron chi connectivity index (χ0n) is 11.5. The molecule has 0 amide bonds. The molecule has 0 bridgehead atoms. The SMILES string of the molecule is CC(Nc1cccc(F)c1C#N)C1CCCN(C)C1. The second kappa shape index (κ2) is 6.03. The van der Waals surface area contributed by atoms with E-state index in [4.69, 9.17) is 5.26 Å². The summed E-state index contributed by atoms with van der Waals surface area (Å²) in [5.74, 6) is 0.0778. The van der Waals surface area contributed by atoms with Gasteiger partial charge in [-0.3, -0.25) is 0 Å². The molecule has 4 heteroatoms. The van der Waals surface area contributed by atoms with E-state index in [2.05, 4.69) is 24.2 Å². The van der Waals surface area contributed by atoms with Gasteiger partial charge < -0.3 is 10.2 Å². The minimum Gasteiger partial charge on any atom is -0.381 e. The summed E-state index contributed by atoms with van der Waals surface area (Å²) in [4.78, 5) is 2.32. The third-order valence-electron chi connectivity index (χ3n) is 3.88. The summed E-state index contributed by atoms with van der Waals surface area (Å²) in [6, 6.07) is 6.89. The van der Waals surface area contributed by atoms with Crippen LogP contribution in [0, 0.1) is 23.1 Å². The Labute approximate surface area is 114 Å². The lowest BCUT2D eigenvalue weighted by Crippen LogP contribution is -2.40. The zero-order chi connectivity index (χ0) is 13.8. The smallest absolute Gasteiger partial charge is 0.143 e. The molecule has 0 saturated carbocycles. The van der Waals surface area contributed by atoms with Crippen molar-refractivity contribution in [1.82, 2.24) is 4.90 Å². The molecular formula is C15H20FN3. The number of hydrogen-bond acceptors (Lipinski definition) is 3. The summed E-state index contributed by atoms with van der Waals surface area (Å²) in [7, 11) is 2.13. The second-order valence-electron chi connectivity index (χ2n) is 5.37. The molecule has 3 nitrogen and oxygen atoms in total. The number of nitrogens with one attached hydrogen (secondary N) is 1. The Hall–Kier alpha value is -1.60. The van der Waals surface area contributed by atoms with Crippen molar-refractivity contribution in [2.45, 2.75) is 25.8 Å². The number of nitriles is 1. The van der Waals surface area contributed by atoms with Crippen molar-refractivity contribution in [3.8, 4) is 6.07 Å². The van der Waals surface area contributed by atoms with Gasteiger partial charge in [-0.1, -0.05) is 6.07 Å². The van der Waals surface area contributed by atoms with Crippen LogP contribution >= 0.6 is 0 Å². The van der Waals surface area contributed by atoms with Gasteiger partial charge >= 0.3 is 0 Å². The zero-order valence-corrected chi connectivity index (χ0v) is 11.5. The Morgan fingerprint density at radius 3 is 3.00 bits per heavy atom.